The highest BCUT2D eigenvalue weighted by atomic mass is 16.5. The second kappa shape index (κ2) is 7.26. The summed E-state index contributed by atoms with van der Waals surface area (Å²) in [4.78, 5) is 20.5. The second-order valence-corrected chi connectivity index (χ2v) is 6.53. The summed E-state index contributed by atoms with van der Waals surface area (Å²) in [5, 5.41) is 19.7. The van der Waals surface area contributed by atoms with Gasteiger partial charge in [-0.05, 0) is 38.1 Å². The van der Waals surface area contributed by atoms with E-state index >= 15 is 0 Å². The van der Waals surface area contributed by atoms with Gasteiger partial charge < -0.3 is 19.6 Å². The molecule has 0 saturated carbocycles. The van der Waals surface area contributed by atoms with Crippen molar-refractivity contribution in [1.29, 1.82) is 5.26 Å². The van der Waals surface area contributed by atoms with Crippen LogP contribution in [0.25, 0.3) is 0 Å². The molecular formula is C17H22N4O3. The van der Waals surface area contributed by atoms with E-state index in [4.69, 9.17) is 10.00 Å². The topological polar surface area (TPSA) is 89.7 Å². The first-order chi connectivity index (χ1) is 11.6. The van der Waals surface area contributed by atoms with E-state index in [1.54, 1.807) is 11.0 Å². The lowest BCUT2D eigenvalue weighted by atomic mass is 10.0. The Morgan fingerprint density at radius 1 is 1.38 bits per heavy atom. The number of hydrogen-bond acceptors (Lipinski definition) is 6. The van der Waals surface area contributed by atoms with E-state index in [1.807, 2.05) is 6.07 Å². The third kappa shape index (κ3) is 3.90. The molecule has 0 radical (unpaired) electrons. The second-order valence-electron chi connectivity index (χ2n) is 6.53. The Morgan fingerprint density at radius 2 is 2.17 bits per heavy atom. The molecular weight excluding hydrogens is 308 g/mol. The minimum atomic E-state index is -1.06. The average molecular weight is 330 g/mol. The van der Waals surface area contributed by atoms with Gasteiger partial charge >= 0.3 is 0 Å². The zero-order chi connectivity index (χ0) is 17.0. The summed E-state index contributed by atoms with van der Waals surface area (Å²) in [6.07, 6.45) is 3.71. The number of pyridine rings is 1. The van der Waals surface area contributed by atoms with Crippen LogP contribution < -0.4 is 0 Å². The molecule has 0 aromatic carbocycles. The zero-order valence-corrected chi connectivity index (χ0v) is 13.6. The third-order valence-corrected chi connectivity index (χ3v) is 4.49. The maximum absolute atomic E-state index is 12.7. The van der Waals surface area contributed by atoms with E-state index in [0.717, 1.165) is 25.9 Å². The monoisotopic (exact) mass is 330 g/mol. The molecule has 7 heteroatoms. The Kier molecular flexibility index (Phi) is 5.09. The number of nitriles is 1. The van der Waals surface area contributed by atoms with Crippen LogP contribution in [0.3, 0.4) is 0 Å². The SMILES string of the molecule is N#Cc1ccc(C(=O)N2CCOCC(O)(CN3CCCC3)C2)cn1. The van der Waals surface area contributed by atoms with E-state index in [9.17, 15) is 9.90 Å². The lowest BCUT2D eigenvalue weighted by molar-refractivity contribution is -0.0524. The van der Waals surface area contributed by atoms with Crippen LogP contribution in [0, 0.1) is 11.3 Å². The molecule has 128 valence electrons. The summed E-state index contributed by atoms with van der Waals surface area (Å²) in [6.45, 7) is 3.79. The summed E-state index contributed by atoms with van der Waals surface area (Å²) in [7, 11) is 0. The van der Waals surface area contributed by atoms with Crippen LogP contribution in [0.1, 0.15) is 28.9 Å². The molecule has 2 aliphatic rings. The average Bonchev–Trinajstić information content (AvgIpc) is 3.01. The first-order valence-corrected chi connectivity index (χ1v) is 8.28. The highest BCUT2D eigenvalue weighted by molar-refractivity contribution is 5.94. The summed E-state index contributed by atoms with van der Waals surface area (Å²) < 4.78 is 5.54. The number of likely N-dealkylation sites (tertiary alicyclic amines) is 1. The molecule has 1 amide bonds. The standard InChI is InChI=1S/C17H22N4O3/c18-9-15-4-3-14(10-19-15)16(22)21-7-8-24-13-17(23,12-21)11-20-5-1-2-6-20/h3-4,10,23H,1-2,5-8,11-13H2. The van der Waals surface area contributed by atoms with Gasteiger partial charge in [-0.2, -0.15) is 5.26 Å². The fourth-order valence-corrected chi connectivity index (χ4v) is 3.31. The summed E-state index contributed by atoms with van der Waals surface area (Å²) >= 11 is 0. The van der Waals surface area contributed by atoms with Gasteiger partial charge in [0.15, 0.2) is 0 Å². The molecule has 1 N–H and O–H groups in total. The van der Waals surface area contributed by atoms with E-state index < -0.39 is 5.60 Å². The fourth-order valence-electron chi connectivity index (χ4n) is 3.31. The summed E-state index contributed by atoms with van der Waals surface area (Å²) in [6, 6.07) is 5.06. The van der Waals surface area contributed by atoms with Gasteiger partial charge in [-0.3, -0.25) is 4.79 Å². The Morgan fingerprint density at radius 3 is 2.83 bits per heavy atom. The van der Waals surface area contributed by atoms with Crippen molar-refractivity contribution in [2.45, 2.75) is 18.4 Å². The Balaban J connectivity index is 1.71. The third-order valence-electron chi connectivity index (χ3n) is 4.49. The van der Waals surface area contributed by atoms with Crippen molar-refractivity contribution < 1.29 is 14.6 Å². The molecule has 2 fully saturated rings. The normalized spacial score (nSPS) is 25.2. The zero-order valence-electron chi connectivity index (χ0n) is 13.6. The van der Waals surface area contributed by atoms with Crippen molar-refractivity contribution in [2.24, 2.45) is 0 Å². The van der Waals surface area contributed by atoms with Crippen LogP contribution in [0.2, 0.25) is 0 Å². The van der Waals surface area contributed by atoms with Gasteiger partial charge in [-0.15, -0.1) is 0 Å². The Labute approximate surface area is 141 Å². The number of hydrogen-bond donors (Lipinski definition) is 1. The lowest BCUT2D eigenvalue weighted by Gasteiger charge is -2.34. The lowest BCUT2D eigenvalue weighted by Crippen LogP contribution is -2.53. The molecule has 2 aliphatic heterocycles. The van der Waals surface area contributed by atoms with Crippen LogP contribution in [0.4, 0.5) is 0 Å². The molecule has 3 rings (SSSR count). The maximum atomic E-state index is 12.7. The van der Waals surface area contributed by atoms with Gasteiger partial charge in [-0.1, -0.05) is 0 Å². The number of amides is 1. The van der Waals surface area contributed by atoms with E-state index in [-0.39, 0.29) is 24.8 Å². The Hall–Kier alpha value is -2.01. The molecule has 0 aliphatic carbocycles. The number of carbonyl (C=O) groups excluding carboxylic acids is 1. The van der Waals surface area contributed by atoms with Crippen LogP contribution in [-0.4, -0.2) is 77.3 Å². The van der Waals surface area contributed by atoms with Crippen molar-refractivity contribution in [2.75, 3.05) is 45.9 Å². The maximum Gasteiger partial charge on any atom is 0.255 e. The van der Waals surface area contributed by atoms with Crippen LogP contribution in [0.15, 0.2) is 18.3 Å². The predicted molar refractivity (Wildman–Crippen MR) is 86.3 cm³/mol. The van der Waals surface area contributed by atoms with Gasteiger partial charge in [0.25, 0.3) is 5.91 Å². The van der Waals surface area contributed by atoms with Crippen molar-refractivity contribution in [3.63, 3.8) is 0 Å². The first-order valence-electron chi connectivity index (χ1n) is 8.28. The first kappa shape index (κ1) is 16.8. The van der Waals surface area contributed by atoms with Crippen LogP contribution in [-0.2, 0) is 4.74 Å². The van der Waals surface area contributed by atoms with Crippen LogP contribution in [0.5, 0.6) is 0 Å². The van der Waals surface area contributed by atoms with Crippen molar-refractivity contribution in [3.8, 4) is 6.07 Å². The molecule has 1 atom stereocenters. The van der Waals surface area contributed by atoms with E-state index in [0.29, 0.717) is 25.3 Å². The molecule has 7 nitrogen and oxygen atoms in total. The Bertz CT molecular complexity index is 622. The van der Waals surface area contributed by atoms with Gasteiger partial charge in [0.05, 0.1) is 25.3 Å². The number of nitrogens with zero attached hydrogens (tertiary/aromatic N) is 4. The fraction of sp³-hybridized carbons (Fsp3) is 0.588. The summed E-state index contributed by atoms with van der Waals surface area (Å²) in [5.74, 6) is -0.197. The quantitative estimate of drug-likeness (QED) is 0.855. The number of aromatic nitrogens is 1. The van der Waals surface area contributed by atoms with Crippen molar-refractivity contribution >= 4 is 5.91 Å². The predicted octanol–water partition coefficient (Wildman–Crippen LogP) is 0.253. The molecule has 2 saturated heterocycles. The molecule has 0 bridgehead atoms. The molecule has 1 aromatic rings. The highest BCUT2D eigenvalue weighted by Gasteiger charge is 2.36. The number of β-amino-alcohol motifs (C(OH)–C–C–N with tert-alkyl or cyclic N) is 1. The van der Waals surface area contributed by atoms with Gasteiger partial charge in [0.1, 0.15) is 17.4 Å². The molecule has 1 unspecified atom stereocenters. The van der Waals surface area contributed by atoms with E-state index in [1.165, 1.54) is 12.3 Å². The van der Waals surface area contributed by atoms with Gasteiger partial charge in [-0.25, -0.2) is 4.98 Å². The number of aliphatic hydroxyl groups is 1. The van der Waals surface area contributed by atoms with Crippen molar-refractivity contribution in [1.82, 2.24) is 14.8 Å². The summed E-state index contributed by atoms with van der Waals surface area (Å²) in [5.41, 5.74) is -0.369. The minimum Gasteiger partial charge on any atom is -0.384 e. The van der Waals surface area contributed by atoms with Crippen LogP contribution >= 0.6 is 0 Å². The number of rotatable bonds is 3. The molecule has 3 heterocycles. The van der Waals surface area contributed by atoms with Gasteiger partial charge in [0, 0.05) is 19.3 Å². The smallest absolute Gasteiger partial charge is 0.255 e. The molecule has 0 spiro atoms. The largest absolute Gasteiger partial charge is 0.384 e. The van der Waals surface area contributed by atoms with E-state index in [2.05, 4.69) is 9.88 Å². The molecule has 1 aromatic heterocycles. The minimum absolute atomic E-state index is 0.197. The van der Waals surface area contributed by atoms with Gasteiger partial charge in [0.2, 0.25) is 0 Å². The molecule has 24 heavy (non-hydrogen) atoms. The van der Waals surface area contributed by atoms with Crippen molar-refractivity contribution in [3.05, 3.63) is 29.6 Å². The number of carbonyl (C=O) groups is 1. The number of ether oxygens (including phenoxy) is 1. The highest BCUT2D eigenvalue weighted by Crippen LogP contribution is 2.19.